The summed E-state index contributed by atoms with van der Waals surface area (Å²) in [5, 5.41) is 12.3. The number of methoxy groups -OCH3 is 2. The summed E-state index contributed by atoms with van der Waals surface area (Å²) in [5.74, 6) is 1.72. The first kappa shape index (κ1) is 18.4. The van der Waals surface area contributed by atoms with Crippen molar-refractivity contribution in [2.75, 3.05) is 14.2 Å². The fraction of sp³-hybridized carbons (Fsp3) is 0.118. The predicted molar refractivity (Wildman–Crippen MR) is 105 cm³/mol. The average molecular weight is 409 g/mol. The summed E-state index contributed by atoms with van der Waals surface area (Å²) in [6, 6.07) is 10.6. The lowest BCUT2D eigenvalue weighted by atomic mass is 10.2. The van der Waals surface area contributed by atoms with Gasteiger partial charge in [0.15, 0.2) is 17.3 Å². The van der Waals surface area contributed by atoms with E-state index in [0.29, 0.717) is 37.7 Å². The molecule has 0 unspecified atom stereocenters. The number of hydrogen-bond donors (Lipinski definition) is 1. The third kappa shape index (κ3) is 3.75. The van der Waals surface area contributed by atoms with Crippen molar-refractivity contribution in [1.29, 1.82) is 0 Å². The normalized spacial score (nSPS) is 11.1. The van der Waals surface area contributed by atoms with Crippen LogP contribution in [0.4, 0.5) is 0 Å². The zero-order chi connectivity index (χ0) is 18.7. The zero-order valence-corrected chi connectivity index (χ0v) is 16.2. The van der Waals surface area contributed by atoms with Crippen LogP contribution < -0.4 is 9.47 Å². The molecule has 0 fully saturated rings. The summed E-state index contributed by atoms with van der Waals surface area (Å²) in [7, 11) is 3.16. The van der Waals surface area contributed by atoms with Gasteiger partial charge < -0.3 is 9.47 Å². The van der Waals surface area contributed by atoms with Crippen LogP contribution in [-0.2, 0) is 0 Å². The number of aromatic amines is 1. The van der Waals surface area contributed by atoms with Crippen LogP contribution in [0.15, 0.2) is 41.5 Å². The Hall–Kier alpha value is -2.35. The van der Waals surface area contributed by atoms with Gasteiger partial charge in [-0.3, -0.25) is 0 Å². The minimum atomic E-state index is 0.336. The van der Waals surface area contributed by atoms with E-state index in [4.69, 9.17) is 44.9 Å². The van der Waals surface area contributed by atoms with E-state index in [1.54, 1.807) is 50.8 Å². The van der Waals surface area contributed by atoms with Gasteiger partial charge in [0, 0.05) is 10.6 Å². The fourth-order valence-electron chi connectivity index (χ4n) is 2.30. The Morgan fingerprint density at radius 2 is 1.88 bits per heavy atom. The lowest BCUT2D eigenvalue weighted by molar-refractivity contribution is 0.355. The number of hydrogen-bond acceptors (Lipinski definition) is 5. The van der Waals surface area contributed by atoms with Crippen molar-refractivity contribution in [1.82, 2.24) is 14.9 Å². The van der Waals surface area contributed by atoms with Crippen LogP contribution >= 0.6 is 35.4 Å². The maximum absolute atomic E-state index is 6.27. The zero-order valence-electron chi connectivity index (χ0n) is 13.9. The predicted octanol–water partition coefficient (Wildman–Crippen LogP) is 4.81. The molecule has 0 radical (unpaired) electrons. The van der Waals surface area contributed by atoms with Gasteiger partial charge in [-0.15, -0.1) is 0 Å². The van der Waals surface area contributed by atoms with Crippen molar-refractivity contribution in [3.8, 4) is 22.9 Å². The van der Waals surface area contributed by atoms with E-state index in [9.17, 15) is 0 Å². The minimum Gasteiger partial charge on any atom is -0.493 e. The first-order valence-corrected chi connectivity index (χ1v) is 8.59. The van der Waals surface area contributed by atoms with Crippen molar-refractivity contribution in [2.45, 2.75) is 0 Å². The van der Waals surface area contributed by atoms with Crippen LogP contribution in [0.5, 0.6) is 11.5 Å². The molecular formula is C17H14Cl2N4O2S. The third-order valence-corrected chi connectivity index (χ3v) is 4.36. The number of benzene rings is 2. The summed E-state index contributed by atoms with van der Waals surface area (Å²) < 4.78 is 12.3. The van der Waals surface area contributed by atoms with Gasteiger partial charge in [-0.2, -0.15) is 14.9 Å². The summed E-state index contributed by atoms with van der Waals surface area (Å²) in [6.45, 7) is 0. The molecule has 3 rings (SSSR count). The van der Waals surface area contributed by atoms with Crippen molar-refractivity contribution in [2.24, 2.45) is 5.10 Å². The number of halogens is 2. The van der Waals surface area contributed by atoms with Gasteiger partial charge in [0.05, 0.1) is 25.5 Å². The largest absolute Gasteiger partial charge is 0.493 e. The second-order valence-electron chi connectivity index (χ2n) is 5.15. The van der Waals surface area contributed by atoms with Crippen molar-refractivity contribution >= 4 is 41.6 Å². The highest BCUT2D eigenvalue weighted by molar-refractivity contribution is 7.71. The molecule has 0 atom stereocenters. The first-order valence-electron chi connectivity index (χ1n) is 7.42. The van der Waals surface area contributed by atoms with Gasteiger partial charge >= 0.3 is 0 Å². The highest BCUT2D eigenvalue weighted by Gasteiger charge is 2.12. The summed E-state index contributed by atoms with van der Waals surface area (Å²) in [4.78, 5) is 0. The summed E-state index contributed by atoms with van der Waals surface area (Å²) >= 11 is 17.5. The molecule has 9 heteroatoms. The molecule has 2 aromatic carbocycles. The lowest BCUT2D eigenvalue weighted by Gasteiger charge is -2.07. The molecule has 1 heterocycles. The van der Waals surface area contributed by atoms with Gasteiger partial charge in [0.25, 0.3) is 0 Å². The highest BCUT2D eigenvalue weighted by atomic mass is 35.5. The van der Waals surface area contributed by atoms with Gasteiger partial charge in [0.1, 0.15) is 0 Å². The number of aromatic nitrogens is 3. The number of nitrogens with zero attached hydrogens (tertiary/aromatic N) is 3. The lowest BCUT2D eigenvalue weighted by Crippen LogP contribution is -1.96. The standard InChI is InChI=1S/C17H14Cl2N4O2S/c1-24-14-6-3-10(7-15(14)25-2)9-20-23-16(21-22-17(23)26)12-5-4-11(18)8-13(12)19/h3-9H,1-2H3,(H,22,26)/b20-9-. The molecule has 0 bridgehead atoms. The molecule has 1 N–H and O–H groups in total. The number of H-pyrrole nitrogens is 1. The Morgan fingerprint density at radius 3 is 2.58 bits per heavy atom. The molecule has 26 heavy (non-hydrogen) atoms. The Balaban J connectivity index is 2.00. The van der Waals surface area contributed by atoms with E-state index in [0.717, 1.165) is 5.56 Å². The highest BCUT2D eigenvalue weighted by Crippen LogP contribution is 2.29. The van der Waals surface area contributed by atoms with E-state index in [1.807, 2.05) is 6.07 Å². The topological polar surface area (TPSA) is 64.4 Å². The maximum Gasteiger partial charge on any atom is 0.216 e. The molecule has 3 aromatic rings. The van der Waals surface area contributed by atoms with Crippen LogP contribution in [-0.4, -0.2) is 35.3 Å². The van der Waals surface area contributed by atoms with Crippen LogP contribution in [0.25, 0.3) is 11.4 Å². The summed E-state index contributed by atoms with van der Waals surface area (Å²) in [6.07, 6.45) is 1.64. The fourth-order valence-corrected chi connectivity index (χ4v) is 2.97. The quantitative estimate of drug-likeness (QED) is 0.485. The monoisotopic (exact) mass is 408 g/mol. The van der Waals surface area contributed by atoms with Crippen LogP contribution in [0.1, 0.15) is 5.56 Å². The molecule has 0 aliphatic rings. The van der Waals surface area contributed by atoms with Crippen molar-refractivity contribution in [3.63, 3.8) is 0 Å². The molecular weight excluding hydrogens is 395 g/mol. The summed E-state index contributed by atoms with van der Waals surface area (Å²) in [5.41, 5.74) is 1.46. The van der Waals surface area contributed by atoms with Gasteiger partial charge in [-0.25, -0.2) is 5.10 Å². The third-order valence-electron chi connectivity index (χ3n) is 3.55. The van der Waals surface area contributed by atoms with Gasteiger partial charge in [-0.05, 0) is 54.2 Å². The Kier molecular flexibility index (Phi) is 5.61. The van der Waals surface area contributed by atoms with Crippen LogP contribution in [0.2, 0.25) is 10.0 Å². The van der Waals surface area contributed by atoms with Crippen molar-refractivity contribution < 1.29 is 9.47 Å². The first-order chi connectivity index (χ1) is 12.5. The number of nitrogens with one attached hydrogen (secondary N) is 1. The smallest absolute Gasteiger partial charge is 0.216 e. The van der Waals surface area contributed by atoms with E-state index >= 15 is 0 Å². The second-order valence-corrected chi connectivity index (χ2v) is 6.38. The molecule has 0 aliphatic carbocycles. The SMILES string of the molecule is COc1ccc(/C=N\n2c(-c3ccc(Cl)cc3Cl)n[nH]c2=S)cc1OC. The molecule has 1 aromatic heterocycles. The average Bonchev–Trinajstić information content (AvgIpc) is 3.00. The molecule has 0 aliphatic heterocycles. The van der Waals surface area contributed by atoms with E-state index < -0.39 is 0 Å². The van der Waals surface area contributed by atoms with E-state index in [1.165, 1.54) is 4.68 Å². The number of rotatable bonds is 5. The van der Waals surface area contributed by atoms with E-state index in [2.05, 4.69) is 15.3 Å². The molecule has 134 valence electrons. The van der Waals surface area contributed by atoms with Crippen LogP contribution in [0, 0.1) is 4.77 Å². The second kappa shape index (κ2) is 7.90. The van der Waals surface area contributed by atoms with Crippen LogP contribution in [0.3, 0.4) is 0 Å². The van der Waals surface area contributed by atoms with Crippen molar-refractivity contribution in [3.05, 3.63) is 56.8 Å². The molecule has 0 saturated heterocycles. The molecule has 0 spiro atoms. The maximum atomic E-state index is 6.27. The Labute approximate surface area is 165 Å². The molecule has 0 saturated carbocycles. The number of ether oxygens (including phenoxy) is 2. The molecule has 0 amide bonds. The molecule has 6 nitrogen and oxygen atoms in total. The Bertz CT molecular complexity index is 1030. The van der Waals surface area contributed by atoms with Gasteiger partial charge in [-0.1, -0.05) is 23.2 Å². The van der Waals surface area contributed by atoms with Gasteiger partial charge in [0.2, 0.25) is 4.77 Å². The van der Waals surface area contributed by atoms with E-state index in [-0.39, 0.29) is 0 Å². The minimum absolute atomic E-state index is 0.336. The Morgan fingerprint density at radius 1 is 1.12 bits per heavy atom.